The molecule has 1 saturated heterocycles. The Labute approximate surface area is 194 Å². The number of anilines is 1. The van der Waals surface area contributed by atoms with Crippen molar-refractivity contribution >= 4 is 11.6 Å². The first kappa shape index (κ1) is 21.7. The van der Waals surface area contributed by atoms with Gasteiger partial charge in [-0.15, -0.1) is 0 Å². The summed E-state index contributed by atoms with van der Waals surface area (Å²) < 4.78 is 11.6. The summed E-state index contributed by atoms with van der Waals surface area (Å²) in [5.41, 5.74) is 11.2. The fraction of sp³-hybridized carbons (Fsp3) is 0.321. The standard InChI is InChI=1S/C28H30N2O3/c29-18-22-15-21(9-10-27(22)33-24-11-13-32-14-12-24)20-7-4-8-23(16-20)30-28(31)26-17-25(26)19-5-2-1-3-6-19/h1-10,15-16,24-26H,11-14,17-18,29H2,(H,30,31)/t25-,26+/m0/s1. The molecule has 2 aliphatic rings. The van der Waals surface area contributed by atoms with Crippen LogP contribution in [0.5, 0.6) is 5.75 Å². The van der Waals surface area contributed by atoms with E-state index in [-0.39, 0.29) is 17.9 Å². The first-order chi connectivity index (χ1) is 16.2. The minimum Gasteiger partial charge on any atom is -0.490 e. The maximum atomic E-state index is 12.8. The van der Waals surface area contributed by atoms with E-state index in [1.165, 1.54) is 5.56 Å². The third-order valence-corrected chi connectivity index (χ3v) is 6.56. The summed E-state index contributed by atoms with van der Waals surface area (Å²) in [7, 11) is 0. The van der Waals surface area contributed by atoms with Crippen molar-refractivity contribution in [3.05, 3.63) is 83.9 Å². The molecule has 3 N–H and O–H groups in total. The Morgan fingerprint density at radius 2 is 1.76 bits per heavy atom. The summed E-state index contributed by atoms with van der Waals surface area (Å²) in [5.74, 6) is 1.30. The lowest BCUT2D eigenvalue weighted by molar-refractivity contribution is -0.117. The molecule has 33 heavy (non-hydrogen) atoms. The van der Waals surface area contributed by atoms with E-state index >= 15 is 0 Å². The molecule has 1 saturated carbocycles. The van der Waals surface area contributed by atoms with Crippen molar-refractivity contribution in [1.29, 1.82) is 0 Å². The van der Waals surface area contributed by atoms with Crippen LogP contribution in [0.3, 0.4) is 0 Å². The highest BCUT2D eigenvalue weighted by Crippen LogP contribution is 2.48. The molecule has 1 amide bonds. The zero-order valence-electron chi connectivity index (χ0n) is 18.7. The van der Waals surface area contributed by atoms with Gasteiger partial charge in [-0.2, -0.15) is 0 Å². The highest BCUT2D eigenvalue weighted by atomic mass is 16.5. The summed E-state index contributed by atoms with van der Waals surface area (Å²) in [5, 5.41) is 3.11. The average Bonchev–Trinajstić information content (AvgIpc) is 3.67. The van der Waals surface area contributed by atoms with Crippen LogP contribution in [0.25, 0.3) is 11.1 Å². The van der Waals surface area contributed by atoms with Crippen molar-refractivity contribution in [1.82, 2.24) is 0 Å². The first-order valence-electron chi connectivity index (χ1n) is 11.7. The van der Waals surface area contributed by atoms with Gasteiger partial charge in [0.15, 0.2) is 0 Å². The van der Waals surface area contributed by atoms with Crippen LogP contribution in [0.1, 0.15) is 36.3 Å². The van der Waals surface area contributed by atoms with Crippen LogP contribution in [0.15, 0.2) is 72.8 Å². The van der Waals surface area contributed by atoms with Gasteiger partial charge in [0.1, 0.15) is 11.9 Å². The summed E-state index contributed by atoms with van der Waals surface area (Å²) in [6.45, 7) is 1.89. The van der Waals surface area contributed by atoms with Gasteiger partial charge in [0.2, 0.25) is 5.91 Å². The predicted molar refractivity (Wildman–Crippen MR) is 130 cm³/mol. The fourth-order valence-corrected chi connectivity index (χ4v) is 4.57. The van der Waals surface area contributed by atoms with Crippen LogP contribution in [0.2, 0.25) is 0 Å². The molecule has 1 aliphatic carbocycles. The lowest BCUT2D eigenvalue weighted by Crippen LogP contribution is -2.26. The molecule has 0 spiro atoms. The molecule has 3 aromatic rings. The zero-order valence-corrected chi connectivity index (χ0v) is 18.7. The molecular formula is C28H30N2O3. The first-order valence-corrected chi connectivity index (χ1v) is 11.7. The quantitative estimate of drug-likeness (QED) is 0.533. The Balaban J connectivity index is 1.27. The van der Waals surface area contributed by atoms with Crippen LogP contribution >= 0.6 is 0 Å². The highest BCUT2D eigenvalue weighted by Gasteiger charge is 2.43. The van der Waals surface area contributed by atoms with Gasteiger partial charge in [-0.25, -0.2) is 0 Å². The molecule has 1 aliphatic heterocycles. The third kappa shape index (κ3) is 5.10. The molecule has 0 unspecified atom stereocenters. The van der Waals surface area contributed by atoms with Crippen molar-refractivity contribution in [2.24, 2.45) is 11.7 Å². The van der Waals surface area contributed by atoms with Gasteiger partial charge < -0.3 is 20.5 Å². The summed E-state index contributed by atoms with van der Waals surface area (Å²) in [6, 6.07) is 24.4. The van der Waals surface area contributed by atoms with Crippen LogP contribution < -0.4 is 15.8 Å². The Morgan fingerprint density at radius 3 is 2.55 bits per heavy atom. The number of carbonyl (C=O) groups is 1. The molecule has 2 atom stereocenters. The second-order valence-corrected chi connectivity index (χ2v) is 8.89. The van der Waals surface area contributed by atoms with Crippen LogP contribution in [-0.4, -0.2) is 25.2 Å². The molecule has 3 aromatic carbocycles. The van der Waals surface area contributed by atoms with Gasteiger partial charge in [-0.05, 0) is 53.3 Å². The normalized spacial score (nSPS) is 20.3. The van der Waals surface area contributed by atoms with E-state index in [0.29, 0.717) is 12.5 Å². The molecule has 0 bridgehead atoms. The minimum atomic E-state index is 0.0431. The molecule has 1 heterocycles. The van der Waals surface area contributed by atoms with Crippen molar-refractivity contribution in [2.45, 2.75) is 37.8 Å². The number of amides is 1. The Hall–Kier alpha value is -3.15. The monoisotopic (exact) mass is 442 g/mol. The largest absolute Gasteiger partial charge is 0.490 e. The Kier molecular flexibility index (Phi) is 6.42. The van der Waals surface area contributed by atoms with Gasteiger partial charge in [0.25, 0.3) is 0 Å². The summed E-state index contributed by atoms with van der Waals surface area (Å²) in [4.78, 5) is 12.8. The minimum absolute atomic E-state index is 0.0431. The summed E-state index contributed by atoms with van der Waals surface area (Å²) >= 11 is 0. The number of carbonyl (C=O) groups excluding carboxylic acids is 1. The van der Waals surface area contributed by atoms with Gasteiger partial charge >= 0.3 is 0 Å². The molecule has 0 aromatic heterocycles. The van der Waals surface area contributed by atoms with E-state index in [2.05, 4.69) is 29.6 Å². The summed E-state index contributed by atoms with van der Waals surface area (Å²) in [6.07, 6.45) is 2.89. The van der Waals surface area contributed by atoms with E-state index < -0.39 is 0 Å². The van der Waals surface area contributed by atoms with Gasteiger partial charge in [-0.3, -0.25) is 4.79 Å². The predicted octanol–water partition coefficient (Wildman–Crippen LogP) is 5.11. The van der Waals surface area contributed by atoms with Crippen molar-refractivity contribution in [2.75, 3.05) is 18.5 Å². The molecule has 2 fully saturated rings. The maximum Gasteiger partial charge on any atom is 0.228 e. The molecule has 0 radical (unpaired) electrons. The van der Waals surface area contributed by atoms with Gasteiger partial charge in [0, 0.05) is 36.6 Å². The van der Waals surface area contributed by atoms with E-state index in [1.807, 2.05) is 48.5 Å². The lowest BCUT2D eigenvalue weighted by atomic mass is 10.0. The average molecular weight is 443 g/mol. The van der Waals surface area contributed by atoms with Gasteiger partial charge in [-0.1, -0.05) is 48.5 Å². The number of hydrogen-bond acceptors (Lipinski definition) is 4. The Morgan fingerprint density at radius 1 is 0.970 bits per heavy atom. The molecule has 5 rings (SSSR count). The van der Waals surface area contributed by atoms with Crippen molar-refractivity contribution in [3.8, 4) is 16.9 Å². The fourth-order valence-electron chi connectivity index (χ4n) is 4.57. The number of hydrogen-bond donors (Lipinski definition) is 2. The van der Waals surface area contributed by atoms with E-state index in [1.54, 1.807) is 0 Å². The molecular weight excluding hydrogens is 412 g/mol. The highest BCUT2D eigenvalue weighted by molar-refractivity contribution is 5.95. The van der Waals surface area contributed by atoms with E-state index in [4.69, 9.17) is 15.2 Å². The maximum absolute atomic E-state index is 12.8. The van der Waals surface area contributed by atoms with Crippen LogP contribution in [0.4, 0.5) is 5.69 Å². The number of rotatable bonds is 7. The van der Waals surface area contributed by atoms with Crippen molar-refractivity contribution < 1.29 is 14.3 Å². The number of nitrogens with two attached hydrogens (primary N) is 1. The second kappa shape index (κ2) is 9.77. The SMILES string of the molecule is NCc1cc(-c2cccc(NC(=O)[C@@H]3C[C@H]3c3ccccc3)c2)ccc1OC1CCOCC1. The van der Waals surface area contributed by atoms with Crippen LogP contribution in [0, 0.1) is 5.92 Å². The molecule has 5 heteroatoms. The number of ether oxygens (including phenoxy) is 2. The number of benzene rings is 3. The zero-order chi connectivity index (χ0) is 22.6. The topological polar surface area (TPSA) is 73.6 Å². The Bertz CT molecular complexity index is 1110. The van der Waals surface area contributed by atoms with E-state index in [0.717, 1.165) is 60.6 Å². The lowest BCUT2D eigenvalue weighted by Gasteiger charge is -2.24. The van der Waals surface area contributed by atoms with Crippen LogP contribution in [-0.2, 0) is 16.1 Å². The van der Waals surface area contributed by atoms with E-state index in [9.17, 15) is 4.79 Å². The van der Waals surface area contributed by atoms with Crippen molar-refractivity contribution in [3.63, 3.8) is 0 Å². The second-order valence-electron chi connectivity index (χ2n) is 8.89. The number of nitrogens with one attached hydrogen (secondary N) is 1. The molecule has 5 nitrogen and oxygen atoms in total. The smallest absolute Gasteiger partial charge is 0.228 e. The van der Waals surface area contributed by atoms with Gasteiger partial charge in [0.05, 0.1) is 13.2 Å². The third-order valence-electron chi connectivity index (χ3n) is 6.56. The molecule has 170 valence electrons.